The van der Waals surface area contributed by atoms with Gasteiger partial charge in [-0.3, -0.25) is 9.59 Å². The number of rotatable bonds is 9. The second kappa shape index (κ2) is 12.4. The fraction of sp³-hybridized carbons (Fsp3) is 0.375. The molecule has 1 saturated carbocycles. The third-order valence-corrected chi connectivity index (χ3v) is 9.73. The Hall–Kier alpha value is -3.49. The van der Waals surface area contributed by atoms with Gasteiger partial charge in [0.15, 0.2) is 0 Å². The monoisotopic (exact) mass is 560 g/mol. The molecule has 0 bridgehead atoms. The number of amides is 1. The average Bonchev–Trinajstić information content (AvgIpc) is 3.47. The van der Waals surface area contributed by atoms with Crippen molar-refractivity contribution in [2.24, 2.45) is 5.92 Å². The van der Waals surface area contributed by atoms with Crippen LogP contribution in [0.15, 0.2) is 83.8 Å². The second-order valence-corrected chi connectivity index (χ2v) is 12.6. The number of carboxylic acid groups (broad SMARTS) is 1. The van der Waals surface area contributed by atoms with Crippen molar-refractivity contribution >= 4 is 21.9 Å². The molecule has 2 fully saturated rings. The van der Waals surface area contributed by atoms with Crippen LogP contribution in [0, 0.1) is 5.92 Å². The Morgan fingerprint density at radius 1 is 0.825 bits per heavy atom. The van der Waals surface area contributed by atoms with Gasteiger partial charge in [0.05, 0.1) is 10.9 Å². The van der Waals surface area contributed by atoms with Gasteiger partial charge in [-0.15, -0.1) is 0 Å². The molecule has 5 rings (SSSR count). The molecule has 1 aliphatic carbocycles. The van der Waals surface area contributed by atoms with Crippen molar-refractivity contribution in [1.82, 2.24) is 9.62 Å². The number of hydrogen-bond acceptors (Lipinski definition) is 4. The Kier molecular flexibility index (Phi) is 8.66. The molecule has 3 aromatic rings. The van der Waals surface area contributed by atoms with E-state index in [0.29, 0.717) is 32.1 Å². The number of nitrogens with zero attached hydrogens (tertiary/aromatic N) is 1. The van der Waals surface area contributed by atoms with Crippen LogP contribution in [-0.4, -0.2) is 42.9 Å². The minimum Gasteiger partial charge on any atom is -0.481 e. The number of sulfonamides is 1. The van der Waals surface area contributed by atoms with Crippen LogP contribution >= 0.6 is 0 Å². The Morgan fingerprint density at radius 2 is 1.45 bits per heavy atom. The lowest BCUT2D eigenvalue weighted by Gasteiger charge is -2.33. The van der Waals surface area contributed by atoms with E-state index in [-0.39, 0.29) is 35.2 Å². The SMILES string of the molecule is O=C(O)CCc1ccc(-c2ccc(S(=O)(=O)N[C@H]3CC[C@H](C(=O)N4CCCC4c4ccccc4)CC3)cc2)cc1. The van der Waals surface area contributed by atoms with E-state index in [2.05, 4.69) is 16.9 Å². The van der Waals surface area contributed by atoms with E-state index in [1.54, 1.807) is 24.3 Å². The van der Waals surface area contributed by atoms with Crippen molar-refractivity contribution in [3.05, 3.63) is 90.0 Å². The zero-order valence-corrected chi connectivity index (χ0v) is 23.4. The molecule has 8 heteroatoms. The summed E-state index contributed by atoms with van der Waals surface area (Å²) in [5.41, 5.74) is 3.96. The molecular weight excluding hydrogens is 524 g/mol. The predicted octanol–water partition coefficient (Wildman–Crippen LogP) is 5.57. The predicted molar refractivity (Wildman–Crippen MR) is 154 cm³/mol. The maximum Gasteiger partial charge on any atom is 0.303 e. The average molecular weight is 561 g/mol. The lowest BCUT2D eigenvalue weighted by Crippen LogP contribution is -2.42. The van der Waals surface area contributed by atoms with Crippen LogP contribution in [0.25, 0.3) is 11.1 Å². The smallest absolute Gasteiger partial charge is 0.303 e. The molecule has 1 saturated heterocycles. The zero-order valence-electron chi connectivity index (χ0n) is 22.5. The normalized spacial score (nSPS) is 21.3. The van der Waals surface area contributed by atoms with Crippen molar-refractivity contribution < 1.29 is 23.1 Å². The summed E-state index contributed by atoms with van der Waals surface area (Å²) in [6.45, 7) is 0.788. The Labute approximate surface area is 236 Å². The van der Waals surface area contributed by atoms with E-state index in [4.69, 9.17) is 5.11 Å². The molecular formula is C32H36N2O5S. The Balaban J connectivity index is 1.15. The minimum atomic E-state index is -3.68. The summed E-state index contributed by atoms with van der Waals surface area (Å²) in [6.07, 6.45) is 5.22. The van der Waals surface area contributed by atoms with Gasteiger partial charge in [-0.1, -0.05) is 66.7 Å². The first-order valence-electron chi connectivity index (χ1n) is 14.1. The molecule has 2 aliphatic rings. The lowest BCUT2D eigenvalue weighted by molar-refractivity contribution is -0.138. The number of hydrogen-bond donors (Lipinski definition) is 2. The van der Waals surface area contributed by atoms with Crippen LogP contribution in [-0.2, 0) is 26.0 Å². The van der Waals surface area contributed by atoms with E-state index < -0.39 is 16.0 Å². The van der Waals surface area contributed by atoms with E-state index in [1.165, 1.54) is 5.56 Å². The summed E-state index contributed by atoms with van der Waals surface area (Å²) in [5.74, 6) is -0.673. The van der Waals surface area contributed by atoms with Crippen LogP contribution < -0.4 is 4.72 Å². The van der Waals surface area contributed by atoms with E-state index in [9.17, 15) is 18.0 Å². The van der Waals surface area contributed by atoms with Gasteiger partial charge in [-0.05, 0) is 79.3 Å². The molecule has 0 spiro atoms. The van der Waals surface area contributed by atoms with E-state index in [0.717, 1.165) is 36.1 Å². The van der Waals surface area contributed by atoms with Crippen molar-refractivity contribution in [3.8, 4) is 11.1 Å². The number of carbonyl (C=O) groups excluding carboxylic acids is 1. The van der Waals surface area contributed by atoms with E-state index in [1.807, 2.05) is 47.4 Å². The molecule has 7 nitrogen and oxygen atoms in total. The van der Waals surface area contributed by atoms with Crippen molar-refractivity contribution in [2.45, 2.75) is 68.3 Å². The quantitative estimate of drug-likeness (QED) is 0.356. The highest BCUT2D eigenvalue weighted by atomic mass is 32.2. The van der Waals surface area contributed by atoms with Gasteiger partial charge in [-0.25, -0.2) is 13.1 Å². The molecule has 1 unspecified atom stereocenters. The summed E-state index contributed by atoms with van der Waals surface area (Å²) < 4.78 is 29.1. The second-order valence-electron chi connectivity index (χ2n) is 10.9. The summed E-state index contributed by atoms with van der Waals surface area (Å²) in [6, 6.07) is 24.6. The maximum absolute atomic E-state index is 13.4. The summed E-state index contributed by atoms with van der Waals surface area (Å²) >= 11 is 0. The van der Waals surface area contributed by atoms with Crippen molar-refractivity contribution in [2.75, 3.05) is 6.54 Å². The third kappa shape index (κ3) is 6.62. The highest BCUT2D eigenvalue weighted by Crippen LogP contribution is 2.36. The Bertz CT molecular complexity index is 1410. The Morgan fingerprint density at radius 3 is 2.08 bits per heavy atom. The summed E-state index contributed by atoms with van der Waals surface area (Å²) in [5, 5.41) is 8.85. The first kappa shape index (κ1) is 28.1. The van der Waals surface area contributed by atoms with Crippen LogP contribution in [0.1, 0.15) is 62.1 Å². The van der Waals surface area contributed by atoms with Crippen molar-refractivity contribution in [3.63, 3.8) is 0 Å². The first-order valence-corrected chi connectivity index (χ1v) is 15.6. The highest BCUT2D eigenvalue weighted by molar-refractivity contribution is 7.89. The molecule has 1 aliphatic heterocycles. The lowest BCUT2D eigenvalue weighted by atomic mass is 9.85. The van der Waals surface area contributed by atoms with Crippen LogP contribution in [0.3, 0.4) is 0 Å². The number of benzene rings is 3. The van der Waals surface area contributed by atoms with Gasteiger partial charge in [0.25, 0.3) is 0 Å². The number of carboxylic acids is 1. The molecule has 0 radical (unpaired) electrons. The standard InChI is InChI=1S/C32H36N2O5S/c35-31(36)21-10-23-8-11-24(12-9-23)25-15-19-29(20-16-25)40(38,39)33-28-17-13-27(14-18-28)32(37)34-22-4-7-30(34)26-5-2-1-3-6-26/h1-3,5-6,8-9,11-12,15-16,19-20,27-28,30,33H,4,7,10,13-14,17-18,21-22H2,(H,35,36)/t27-,28-,30?. The fourth-order valence-electron chi connectivity index (χ4n) is 5.97. The fourth-order valence-corrected chi connectivity index (χ4v) is 7.28. The third-order valence-electron chi connectivity index (χ3n) is 8.20. The molecule has 0 aromatic heterocycles. The molecule has 2 N–H and O–H groups in total. The summed E-state index contributed by atoms with van der Waals surface area (Å²) in [4.78, 5) is 26.4. The van der Waals surface area contributed by atoms with Crippen molar-refractivity contribution in [1.29, 1.82) is 0 Å². The topological polar surface area (TPSA) is 104 Å². The first-order chi connectivity index (χ1) is 19.3. The minimum absolute atomic E-state index is 0.0557. The number of carbonyl (C=O) groups is 2. The summed E-state index contributed by atoms with van der Waals surface area (Å²) in [7, 11) is -3.68. The molecule has 40 heavy (non-hydrogen) atoms. The zero-order chi connectivity index (χ0) is 28.1. The number of aryl methyl sites for hydroxylation is 1. The number of aliphatic carboxylic acids is 1. The van der Waals surface area contributed by atoms with Crippen LogP contribution in [0.5, 0.6) is 0 Å². The molecule has 210 valence electrons. The van der Waals surface area contributed by atoms with E-state index >= 15 is 0 Å². The molecule has 1 atom stereocenters. The number of likely N-dealkylation sites (tertiary alicyclic amines) is 1. The number of nitrogens with one attached hydrogen (secondary N) is 1. The largest absolute Gasteiger partial charge is 0.481 e. The van der Waals surface area contributed by atoms with Gasteiger partial charge in [-0.2, -0.15) is 0 Å². The highest BCUT2D eigenvalue weighted by Gasteiger charge is 2.36. The molecule has 1 heterocycles. The van der Waals surface area contributed by atoms with Gasteiger partial charge in [0, 0.05) is 24.9 Å². The van der Waals surface area contributed by atoms with Gasteiger partial charge in [0.1, 0.15) is 0 Å². The maximum atomic E-state index is 13.4. The van der Waals surface area contributed by atoms with Crippen LogP contribution in [0.4, 0.5) is 0 Å². The van der Waals surface area contributed by atoms with Gasteiger partial charge >= 0.3 is 5.97 Å². The van der Waals surface area contributed by atoms with Gasteiger partial charge in [0.2, 0.25) is 15.9 Å². The van der Waals surface area contributed by atoms with Crippen LogP contribution in [0.2, 0.25) is 0 Å². The molecule has 3 aromatic carbocycles. The van der Waals surface area contributed by atoms with Gasteiger partial charge < -0.3 is 10.0 Å². The molecule has 1 amide bonds.